The number of aromatic nitrogens is 2. The number of hydrogen-bond donors (Lipinski definition) is 1. The number of benzene rings is 1. The van der Waals surface area contributed by atoms with Crippen molar-refractivity contribution in [2.75, 3.05) is 13.1 Å². The fourth-order valence-electron chi connectivity index (χ4n) is 3.87. The van der Waals surface area contributed by atoms with Gasteiger partial charge in [-0.15, -0.1) is 0 Å². The van der Waals surface area contributed by atoms with Crippen LogP contribution in [0.5, 0.6) is 5.75 Å². The van der Waals surface area contributed by atoms with E-state index in [1.54, 1.807) is 43.0 Å². The number of fused-ring (bicyclic) bond motifs is 3. The molecule has 2 aromatic rings. The monoisotopic (exact) mass is 326 g/mol. The van der Waals surface area contributed by atoms with Crippen LogP contribution in [-0.2, 0) is 0 Å². The van der Waals surface area contributed by atoms with Gasteiger partial charge in [0, 0.05) is 23.8 Å². The Labute approximate surface area is 141 Å². The van der Waals surface area contributed by atoms with E-state index in [9.17, 15) is 4.79 Å². The molecule has 126 valence electrons. The normalized spacial score (nSPS) is 28.5. The summed E-state index contributed by atoms with van der Waals surface area (Å²) in [7, 11) is 0. The number of imidazole rings is 1. The van der Waals surface area contributed by atoms with Gasteiger partial charge in [0.15, 0.2) is 5.75 Å². The van der Waals surface area contributed by atoms with Crippen LogP contribution in [0, 0.1) is 5.92 Å². The number of nitrogens with zero attached hydrogens (tertiary/aromatic N) is 3. The van der Waals surface area contributed by atoms with E-state index in [4.69, 9.17) is 4.84 Å². The van der Waals surface area contributed by atoms with Gasteiger partial charge in [0.25, 0.3) is 5.91 Å². The molecule has 1 aromatic carbocycles. The number of amides is 1. The van der Waals surface area contributed by atoms with Crippen LogP contribution in [0.15, 0.2) is 43.0 Å². The summed E-state index contributed by atoms with van der Waals surface area (Å²) in [5.41, 5.74) is 0.664. The maximum atomic E-state index is 12.6. The summed E-state index contributed by atoms with van der Waals surface area (Å²) in [4.78, 5) is 24.6. The Balaban J connectivity index is 1.41. The van der Waals surface area contributed by atoms with E-state index < -0.39 is 0 Å². The first-order chi connectivity index (χ1) is 11.7. The van der Waals surface area contributed by atoms with Crippen molar-refractivity contribution in [1.29, 1.82) is 0 Å². The van der Waals surface area contributed by atoms with E-state index in [1.165, 1.54) is 30.7 Å². The Kier molecular flexibility index (Phi) is 3.98. The molecule has 24 heavy (non-hydrogen) atoms. The van der Waals surface area contributed by atoms with Crippen LogP contribution in [-0.4, -0.2) is 45.7 Å². The molecule has 2 bridgehead atoms. The van der Waals surface area contributed by atoms with Gasteiger partial charge in [-0.05, 0) is 63.0 Å². The maximum absolute atomic E-state index is 12.6. The van der Waals surface area contributed by atoms with Crippen molar-refractivity contribution in [3.63, 3.8) is 0 Å². The average Bonchev–Trinajstić information content (AvgIpc) is 3.12. The van der Waals surface area contributed by atoms with Crippen LogP contribution in [0.2, 0.25) is 0 Å². The maximum Gasteiger partial charge on any atom is 0.251 e. The molecule has 1 N–H and O–H groups in total. The van der Waals surface area contributed by atoms with Gasteiger partial charge in [0.2, 0.25) is 0 Å². The SMILES string of the molecule is C[C@H]1[C@H](NC(=O)c2ccc(On3ccnc3)cc2)C2CCN1CC2. The summed E-state index contributed by atoms with van der Waals surface area (Å²) in [6.45, 7) is 4.55. The lowest BCUT2D eigenvalue weighted by atomic mass is 9.79. The number of carbonyl (C=O) groups is 1. The zero-order chi connectivity index (χ0) is 16.5. The van der Waals surface area contributed by atoms with Crippen LogP contribution in [0.25, 0.3) is 0 Å². The lowest BCUT2D eigenvalue weighted by Crippen LogP contribution is -2.62. The third-order valence-electron chi connectivity index (χ3n) is 5.28. The van der Waals surface area contributed by atoms with E-state index in [-0.39, 0.29) is 11.9 Å². The first-order valence-electron chi connectivity index (χ1n) is 8.52. The first-order valence-corrected chi connectivity index (χ1v) is 8.52. The molecule has 0 radical (unpaired) electrons. The summed E-state index contributed by atoms with van der Waals surface area (Å²) in [5.74, 6) is 1.27. The summed E-state index contributed by atoms with van der Waals surface area (Å²) in [6, 6.07) is 7.87. The molecule has 3 aliphatic rings. The van der Waals surface area contributed by atoms with Crippen LogP contribution in [0.1, 0.15) is 30.1 Å². The van der Waals surface area contributed by atoms with Crippen LogP contribution in [0.3, 0.4) is 0 Å². The minimum atomic E-state index is -0.00483. The minimum Gasteiger partial charge on any atom is -0.374 e. The van der Waals surface area contributed by atoms with E-state index in [0.29, 0.717) is 23.3 Å². The predicted octanol–water partition coefficient (Wildman–Crippen LogP) is 1.94. The molecule has 0 spiro atoms. The quantitative estimate of drug-likeness (QED) is 0.933. The predicted molar refractivity (Wildman–Crippen MR) is 89.7 cm³/mol. The number of rotatable bonds is 4. The molecule has 1 amide bonds. The Hall–Kier alpha value is -2.34. The molecule has 0 unspecified atom stereocenters. The van der Waals surface area contributed by atoms with Gasteiger partial charge in [-0.1, -0.05) is 0 Å². The highest BCUT2D eigenvalue weighted by Crippen LogP contribution is 2.32. The van der Waals surface area contributed by atoms with Gasteiger partial charge in [-0.2, -0.15) is 4.73 Å². The summed E-state index contributed by atoms with van der Waals surface area (Å²) >= 11 is 0. The molecular formula is C18H22N4O2. The molecule has 2 atom stereocenters. The molecule has 4 heterocycles. The third kappa shape index (κ3) is 2.89. The largest absolute Gasteiger partial charge is 0.374 e. The molecule has 6 heteroatoms. The molecular weight excluding hydrogens is 304 g/mol. The zero-order valence-electron chi connectivity index (χ0n) is 13.8. The third-order valence-corrected chi connectivity index (χ3v) is 5.28. The zero-order valence-corrected chi connectivity index (χ0v) is 13.8. The standard InChI is InChI=1S/C18H22N4O2/c1-13-17(14-6-9-21(13)10-7-14)20-18(23)15-2-4-16(5-3-15)24-22-11-8-19-12-22/h2-5,8,11-14,17H,6-7,9-10H2,1H3,(H,20,23)/t13-,17-/m0/s1. The molecule has 3 fully saturated rings. The molecule has 3 aliphatic heterocycles. The van der Waals surface area contributed by atoms with Crippen molar-refractivity contribution in [2.24, 2.45) is 5.92 Å². The van der Waals surface area contributed by atoms with Gasteiger partial charge in [0.1, 0.15) is 6.33 Å². The van der Waals surface area contributed by atoms with Crippen molar-refractivity contribution >= 4 is 5.91 Å². The van der Waals surface area contributed by atoms with Gasteiger partial charge in [-0.3, -0.25) is 9.69 Å². The van der Waals surface area contributed by atoms with Gasteiger partial charge >= 0.3 is 0 Å². The lowest BCUT2D eigenvalue weighted by molar-refractivity contribution is 0.0217. The molecule has 0 aliphatic carbocycles. The second-order valence-corrected chi connectivity index (χ2v) is 6.65. The van der Waals surface area contributed by atoms with E-state index in [2.05, 4.69) is 22.1 Å². The van der Waals surface area contributed by atoms with Crippen LogP contribution in [0.4, 0.5) is 0 Å². The van der Waals surface area contributed by atoms with Crippen molar-refractivity contribution in [3.8, 4) is 5.75 Å². The first kappa shape index (κ1) is 15.2. The van der Waals surface area contributed by atoms with Crippen molar-refractivity contribution in [3.05, 3.63) is 48.5 Å². The highest BCUT2D eigenvalue weighted by Gasteiger charge is 2.40. The Morgan fingerprint density at radius 3 is 2.62 bits per heavy atom. The second kappa shape index (κ2) is 6.28. The van der Waals surface area contributed by atoms with E-state index in [0.717, 1.165) is 0 Å². The molecule has 1 aromatic heterocycles. The van der Waals surface area contributed by atoms with Crippen molar-refractivity contribution in [1.82, 2.24) is 19.9 Å². The van der Waals surface area contributed by atoms with Gasteiger partial charge < -0.3 is 10.2 Å². The minimum absolute atomic E-state index is 0.00483. The Morgan fingerprint density at radius 1 is 1.25 bits per heavy atom. The van der Waals surface area contributed by atoms with Gasteiger partial charge in [0.05, 0.1) is 6.20 Å². The van der Waals surface area contributed by atoms with Crippen LogP contribution < -0.4 is 10.2 Å². The fourth-order valence-corrected chi connectivity index (χ4v) is 3.87. The highest BCUT2D eigenvalue weighted by atomic mass is 16.7. The highest BCUT2D eigenvalue weighted by molar-refractivity contribution is 5.94. The van der Waals surface area contributed by atoms with E-state index >= 15 is 0 Å². The molecule has 3 saturated heterocycles. The van der Waals surface area contributed by atoms with E-state index in [1.807, 2.05) is 0 Å². The topological polar surface area (TPSA) is 59.4 Å². The molecule has 0 saturated carbocycles. The fraction of sp³-hybridized carbons (Fsp3) is 0.444. The Morgan fingerprint density at radius 2 is 2.00 bits per heavy atom. The van der Waals surface area contributed by atoms with Crippen LogP contribution >= 0.6 is 0 Å². The van der Waals surface area contributed by atoms with Gasteiger partial charge in [-0.25, -0.2) is 4.98 Å². The summed E-state index contributed by atoms with van der Waals surface area (Å²) in [6.07, 6.45) is 7.32. The summed E-state index contributed by atoms with van der Waals surface area (Å²) < 4.78 is 1.52. The van der Waals surface area contributed by atoms with Crippen molar-refractivity contribution < 1.29 is 9.63 Å². The van der Waals surface area contributed by atoms with Crippen molar-refractivity contribution in [2.45, 2.75) is 31.8 Å². The molecule has 6 nitrogen and oxygen atoms in total. The second-order valence-electron chi connectivity index (χ2n) is 6.65. The number of carbonyl (C=O) groups excluding carboxylic acids is 1. The smallest absolute Gasteiger partial charge is 0.251 e. The average molecular weight is 326 g/mol. The lowest BCUT2D eigenvalue weighted by Gasteiger charge is -2.49. The summed E-state index contributed by atoms with van der Waals surface area (Å²) in [5, 5.41) is 3.24. The molecule has 5 rings (SSSR count). The number of hydrogen-bond acceptors (Lipinski definition) is 4. The Bertz CT molecular complexity index is 688. The number of piperidine rings is 3. The number of nitrogens with one attached hydrogen (secondary N) is 1.